The van der Waals surface area contributed by atoms with E-state index in [1.165, 1.54) is 6.07 Å². The van der Waals surface area contributed by atoms with Crippen LogP contribution in [0.4, 0.5) is 9.18 Å². The van der Waals surface area contributed by atoms with Crippen molar-refractivity contribution in [3.8, 4) is 0 Å². The standard InChI is InChI=1S/C20H27BrFN3O3S/c1-18(2,3)28-17(26)24-16-19(4,5)29(27)15(9-10-23-29)20(6,25-16)13-11-12(21)7-8-14(13)22/h7-8,11,15H,9-10H2,1-6H3,(H,24,25,26)/t15-,20-,29+/m1/s1. The molecule has 0 bridgehead atoms. The summed E-state index contributed by atoms with van der Waals surface area (Å²) in [5.41, 5.74) is -1.53. The number of carbonyl (C=O) groups excluding carboxylic acids is 1. The van der Waals surface area contributed by atoms with Gasteiger partial charge in [-0.3, -0.25) is 10.3 Å². The molecule has 0 aromatic heterocycles. The van der Waals surface area contributed by atoms with Gasteiger partial charge in [-0.15, -0.1) is 0 Å². The molecule has 1 aromatic rings. The Morgan fingerprint density at radius 1 is 1.34 bits per heavy atom. The van der Waals surface area contributed by atoms with Crippen LogP contribution in [0.2, 0.25) is 0 Å². The number of carbonyl (C=O) groups is 1. The quantitative estimate of drug-likeness (QED) is 0.619. The average molecular weight is 488 g/mol. The largest absolute Gasteiger partial charge is 0.444 e. The Hall–Kier alpha value is -1.48. The van der Waals surface area contributed by atoms with E-state index >= 15 is 0 Å². The Morgan fingerprint density at radius 3 is 2.62 bits per heavy atom. The molecule has 0 fully saturated rings. The van der Waals surface area contributed by atoms with E-state index < -0.39 is 42.8 Å². The Labute approximate surface area is 180 Å². The van der Waals surface area contributed by atoms with Crippen LogP contribution in [0.1, 0.15) is 53.5 Å². The number of amidine groups is 1. The average Bonchev–Trinajstić information content (AvgIpc) is 2.98. The maximum Gasteiger partial charge on any atom is 0.413 e. The van der Waals surface area contributed by atoms with Crippen LogP contribution in [0, 0.1) is 5.82 Å². The SMILES string of the molecule is CC(C)(C)OC(=O)NC1=N[C@](C)(c2cc(Br)ccc2F)[C@H]2CCN=[S@@]2(=O)C1(C)C. The Morgan fingerprint density at radius 2 is 2.00 bits per heavy atom. The van der Waals surface area contributed by atoms with Gasteiger partial charge in [0.25, 0.3) is 0 Å². The van der Waals surface area contributed by atoms with Gasteiger partial charge in [0.15, 0.2) is 0 Å². The summed E-state index contributed by atoms with van der Waals surface area (Å²) in [7, 11) is -2.86. The minimum atomic E-state index is -2.86. The van der Waals surface area contributed by atoms with Crippen molar-refractivity contribution in [2.45, 2.75) is 69.1 Å². The van der Waals surface area contributed by atoms with Crippen molar-refractivity contribution in [1.29, 1.82) is 0 Å². The van der Waals surface area contributed by atoms with Crippen molar-refractivity contribution in [1.82, 2.24) is 5.32 Å². The number of benzene rings is 1. The molecule has 0 radical (unpaired) electrons. The number of ether oxygens (including phenoxy) is 1. The normalized spacial score (nSPS) is 30.8. The van der Waals surface area contributed by atoms with E-state index in [-0.39, 0.29) is 5.84 Å². The number of rotatable bonds is 1. The third kappa shape index (κ3) is 3.71. The first-order valence-corrected chi connectivity index (χ1v) is 11.8. The highest BCUT2D eigenvalue weighted by Gasteiger charge is 2.57. The molecular formula is C20H27BrFN3O3S. The molecular weight excluding hydrogens is 461 g/mol. The lowest BCUT2D eigenvalue weighted by atomic mass is 9.86. The number of nitrogens with one attached hydrogen (secondary N) is 1. The highest BCUT2D eigenvalue weighted by molar-refractivity contribution is 9.10. The number of halogens is 2. The number of fused-ring (bicyclic) bond motifs is 1. The molecule has 0 aliphatic carbocycles. The molecule has 1 aromatic carbocycles. The molecule has 3 rings (SSSR count). The monoisotopic (exact) mass is 487 g/mol. The molecule has 0 saturated heterocycles. The van der Waals surface area contributed by atoms with Crippen molar-refractivity contribution in [3.63, 3.8) is 0 Å². The molecule has 29 heavy (non-hydrogen) atoms. The van der Waals surface area contributed by atoms with Gasteiger partial charge in [0.1, 0.15) is 27.5 Å². The number of alkyl carbamates (subject to hydrolysis) is 1. The van der Waals surface area contributed by atoms with Crippen LogP contribution >= 0.6 is 15.9 Å². The van der Waals surface area contributed by atoms with Gasteiger partial charge in [0, 0.05) is 16.6 Å². The summed E-state index contributed by atoms with van der Waals surface area (Å²) in [6.45, 7) is 10.9. The van der Waals surface area contributed by atoms with Crippen molar-refractivity contribution >= 4 is 37.6 Å². The third-order valence-corrected chi connectivity index (χ3v) is 9.61. The van der Waals surface area contributed by atoms with Gasteiger partial charge < -0.3 is 4.74 Å². The van der Waals surface area contributed by atoms with Crippen LogP contribution in [0.15, 0.2) is 32.0 Å². The first-order chi connectivity index (χ1) is 13.2. The van der Waals surface area contributed by atoms with E-state index in [1.54, 1.807) is 53.7 Å². The fourth-order valence-corrected chi connectivity index (χ4v) is 7.49. The third-order valence-electron chi connectivity index (χ3n) is 5.43. The number of nitrogens with zero attached hydrogens (tertiary/aromatic N) is 2. The first-order valence-electron chi connectivity index (χ1n) is 9.48. The van der Waals surface area contributed by atoms with Crippen LogP contribution in [-0.4, -0.2) is 38.3 Å². The lowest BCUT2D eigenvalue weighted by Gasteiger charge is -2.45. The molecule has 1 N–H and O–H groups in total. The van der Waals surface area contributed by atoms with Gasteiger partial charge in [0.05, 0.1) is 15.0 Å². The van der Waals surface area contributed by atoms with Gasteiger partial charge in [-0.2, -0.15) is 0 Å². The molecule has 9 heteroatoms. The zero-order valence-electron chi connectivity index (χ0n) is 17.5. The lowest BCUT2D eigenvalue weighted by molar-refractivity contribution is 0.0560. The molecule has 0 unspecified atom stereocenters. The van der Waals surface area contributed by atoms with Gasteiger partial charge in [-0.25, -0.2) is 17.8 Å². The molecule has 3 atom stereocenters. The second-order valence-electron chi connectivity index (χ2n) is 9.07. The summed E-state index contributed by atoms with van der Waals surface area (Å²) in [5.74, 6) is -0.245. The molecule has 2 heterocycles. The van der Waals surface area contributed by atoms with Gasteiger partial charge in [-0.05, 0) is 66.2 Å². The van der Waals surface area contributed by atoms with Gasteiger partial charge in [0.2, 0.25) is 0 Å². The summed E-state index contributed by atoms with van der Waals surface area (Å²) in [6.07, 6.45) is -0.158. The number of hydrogen-bond acceptors (Lipinski definition) is 5. The smallest absolute Gasteiger partial charge is 0.413 e. The molecule has 2 aliphatic rings. The Bertz CT molecular complexity index is 1010. The van der Waals surface area contributed by atoms with Crippen molar-refractivity contribution < 1.29 is 18.1 Å². The Kier molecular flexibility index (Phi) is 5.39. The fourth-order valence-electron chi connectivity index (χ4n) is 3.94. The fraction of sp³-hybridized carbons (Fsp3) is 0.600. The van der Waals surface area contributed by atoms with Crippen molar-refractivity contribution in [2.75, 3.05) is 6.54 Å². The predicted molar refractivity (Wildman–Crippen MR) is 116 cm³/mol. The topological polar surface area (TPSA) is 80.1 Å². The summed E-state index contributed by atoms with van der Waals surface area (Å²) in [6, 6.07) is 4.62. The maximum atomic E-state index is 14.9. The summed E-state index contributed by atoms with van der Waals surface area (Å²) in [5, 5.41) is 2.20. The Balaban J connectivity index is 2.18. The first kappa shape index (κ1) is 22.2. The molecule has 2 aliphatic heterocycles. The maximum absolute atomic E-state index is 14.9. The highest BCUT2D eigenvalue weighted by Crippen LogP contribution is 2.48. The summed E-state index contributed by atoms with van der Waals surface area (Å²) in [4.78, 5) is 17.3. The van der Waals surface area contributed by atoms with Crippen molar-refractivity contribution in [2.24, 2.45) is 9.36 Å². The van der Waals surface area contributed by atoms with E-state index in [2.05, 4.69) is 25.6 Å². The zero-order valence-corrected chi connectivity index (χ0v) is 19.9. The second kappa shape index (κ2) is 7.04. The molecule has 6 nitrogen and oxygen atoms in total. The predicted octanol–water partition coefficient (Wildman–Crippen LogP) is 4.76. The van der Waals surface area contributed by atoms with E-state index in [4.69, 9.17) is 9.73 Å². The van der Waals surface area contributed by atoms with Crippen LogP contribution < -0.4 is 5.32 Å². The van der Waals surface area contributed by atoms with E-state index in [0.29, 0.717) is 23.0 Å². The van der Waals surface area contributed by atoms with Gasteiger partial charge >= 0.3 is 6.09 Å². The molecule has 160 valence electrons. The van der Waals surface area contributed by atoms with E-state index in [9.17, 15) is 13.4 Å². The molecule has 0 saturated carbocycles. The van der Waals surface area contributed by atoms with Crippen LogP contribution in [0.5, 0.6) is 0 Å². The number of hydrogen-bond donors (Lipinski definition) is 1. The summed E-state index contributed by atoms with van der Waals surface area (Å²) < 4.78 is 38.5. The minimum Gasteiger partial charge on any atom is -0.444 e. The van der Waals surface area contributed by atoms with E-state index in [0.717, 1.165) is 0 Å². The zero-order chi connectivity index (χ0) is 21.8. The number of aliphatic imine (C=N–C) groups is 1. The van der Waals surface area contributed by atoms with Crippen molar-refractivity contribution in [3.05, 3.63) is 34.1 Å². The lowest BCUT2D eigenvalue weighted by Crippen LogP contribution is -2.60. The highest BCUT2D eigenvalue weighted by atomic mass is 79.9. The minimum absolute atomic E-state index is 0.195. The van der Waals surface area contributed by atoms with Gasteiger partial charge in [-0.1, -0.05) is 15.9 Å². The van der Waals surface area contributed by atoms with Crippen LogP contribution in [0.3, 0.4) is 0 Å². The molecule has 1 amide bonds. The molecule has 0 spiro atoms. The van der Waals surface area contributed by atoms with Crippen LogP contribution in [0.25, 0.3) is 0 Å². The van der Waals surface area contributed by atoms with Crippen LogP contribution in [-0.2, 0) is 20.0 Å². The second-order valence-corrected chi connectivity index (χ2v) is 13.0. The number of amides is 1. The summed E-state index contributed by atoms with van der Waals surface area (Å²) >= 11 is 3.38. The van der Waals surface area contributed by atoms with E-state index in [1.807, 2.05) is 0 Å².